The minimum atomic E-state index is -0.658. The second kappa shape index (κ2) is 12.3. The molecule has 1 aromatic heterocycles. The lowest BCUT2D eigenvalue weighted by Crippen LogP contribution is -1.87. The Morgan fingerprint density at radius 1 is 0.347 bits per heavy atom. The molecule has 0 spiro atoms. The van der Waals surface area contributed by atoms with Crippen molar-refractivity contribution >= 4 is 21.9 Å². The quantitative estimate of drug-likeness (QED) is 0.177. The third kappa shape index (κ3) is 5.52. The maximum Gasteiger partial charge on any atom is 0.136 e. The smallest absolute Gasteiger partial charge is 0.136 e. The first-order chi connectivity index (χ1) is 28.8. The summed E-state index contributed by atoms with van der Waals surface area (Å²) < 4.78 is 103. The Labute approximate surface area is 301 Å². The van der Waals surface area contributed by atoms with Crippen LogP contribution in [-0.2, 0) is 0 Å². The maximum atomic E-state index is 9.49. The van der Waals surface area contributed by atoms with Crippen LogP contribution in [0.3, 0.4) is 0 Å². The summed E-state index contributed by atoms with van der Waals surface area (Å²) in [5.74, 6) is 0. The maximum absolute atomic E-state index is 9.49. The molecule has 1 heterocycles. The van der Waals surface area contributed by atoms with Gasteiger partial charge in [0.15, 0.2) is 0 Å². The van der Waals surface area contributed by atoms with Crippen molar-refractivity contribution in [1.29, 1.82) is 0 Å². The van der Waals surface area contributed by atoms with Crippen LogP contribution in [0, 0.1) is 0 Å². The second-order valence-corrected chi connectivity index (χ2v) is 11.7. The van der Waals surface area contributed by atoms with E-state index in [-0.39, 0.29) is 39.1 Å². The lowest BCUT2D eigenvalue weighted by Gasteiger charge is -2.13. The standard InChI is InChI=1S/C48H32O/c1-4-11-33(12-5-1)36-19-21-37(22-20-36)38-23-25-39(26-24-38)42-29-41(35-15-8-3-9-16-35)30-43(31-42)44-17-10-18-47-48(44)45-32-40(27-28-46(45)49-47)34-13-6-2-7-14-34/h1-32H/i2D,6D,7D,10D,13D,14D,17D,18D,27D,28D,32D. The van der Waals surface area contributed by atoms with E-state index in [0.29, 0.717) is 5.56 Å². The monoisotopic (exact) mass is 635 g/mol. The molecule has 49 heavy (non-hydrogen) atoms. The highest BCUT2D eigenvalue weighted by Gasteiger charge is 2.16. The molecule has 8 aromatic carbocycles. The first-order valence-electron chi connectivity index (χ1n) is 21.4. The molecule has 0 radical (unpaired) electrons. The fraction of sp³-hybridized carbons (Fsp3) is 0. The zero-order valence-corrected chi connectivity index (χ0v) is 26.0. The molecule has 0 unspecified atom stereocenters. The van der Waals surface area contributed by atoms with Crippen molar-refractivity contribution in [3.63, 3.8) is 0 Å². The van der Waals surface area contributed by atoms with Gasteiger partial charge < -0.3 is 4.42 Å². The molecule has 9 aromatic rings. The second-order valence-electron chi connectivity index (χ2n) is 11.7. The highest BCUT2D eigenvalue weighted by atomic mass is 16.3. The van der Waals surface area contributed by atoms with Crippen LogP contribution in [0.1, 0.15) is 15.1 Å². The summed E-state index contributed by atoms with van der Waals surface area (Å²) in [6.07, 6.45) is 0. The molecule has 230 valence electrons. The van der Waals surface area contributed by atoms with Gasteiger partial charge in [0.05, 0.1) is 15.1 Å². The molecule has 9 rings (SSSR count). The molecule has 0 bridgehead atoms. The van der Waals surface area contributed by atoms with Gasteiger partial charge in [-0.1, -0.05) is 158 Å². The van der Waals surface area contributed by atoms with Crippen LogP contribution in [0.25, 0.3) is 88.7 Å². The molecule has 0 fully saturated rings. The number of furan rings is 1. The van der Waals surface area contributed by atoms with Gasteiger partial charge in [-0.25, -0.2) is 0 Å². The zero-order chi connectivity index (χ0) is 42.1. The summed E-state index contributed by atoms with van der Waals surface area (Å²) >= 11 is 0. The first kappa shape index (κ1) is 19.4. The molecule has 0 atom stereocenters. The zero-order valence-electron chi connectivity index (χ0n) is 37.0. The van der Waals surface area contributed by atoms with Crippen LogP contribution in [0.2, 0.25) is 0 Å². The summed E-state index contributed by atoms with van der Waals surface area (Å²) in [5, 5.41) is 0.00712. The Balaban J connectivity index is 1.27. The average molecular weight is 636 g/mol. The van der Waals surface area contributed by atoms with Gasteiger partial charge in [0.2, 0.25) is 0 Å². The van der Waals surface area contributed by atoms with Crippen LogP contribution in [0.5, 0.6) is 0 Å². The van der Waals surface area contributed by atoms with Gasteiger partial charge in [-0.15, -0.1) is 0 Å². The Morgan fingerprint density at radius 2 is 0.857 bits per heavy atom. The number of hydrogen-bond acceptors (Lipinski definition) is 1. The van der Waals surface area contributed by atoms with E-state index in [1.807, 2.05) is 91.0 Å². The predicted octanol–water partition coefficient (Wildman–Crippen LogP) is 13.6. The van der Waals surface area contributed by atoms with Gasteiger partial charge in [0, 0.05) is 10.8 Å². The van der Waals surface area contributed by atoms with E-state index < -0.39 is 66.0 Å². The summed E-state index contributed by atoms with van der Waals surface area (Å²) in [5.41, 5.74) is 7.00. The van der Waals surface area contributed by atoms with Gasteiger partial charge >= 0.3 is 0 Å². The Bertz CT molecular complexity index is 3150. The largest absolute Gasteiger partial charge is 0.456 e. The predicted molar refractivity (Wildman–Crippen MR) is 206 cm³/mol. The van der Waals surface area contributed by atoms with Crippen molar-refractivity contribution in [1.82, 2.24) is 0 Å². The van der Waals surface area contributed by atoms with Gasteiger partial charge in [-0.3, -0.25) is 0 Å². The highest BCUT2D eigenvalue weighted by Crippen LogP contribution is 2.41. The minimum Gasteiger partial charge on any atom is -0.456 e. The van der Waals surface area contributed by atoms with Gasteiger partial charge in [0.1, 0.15) is 11.2 Å². The molecule has 1 heteroatoms. The molecule has 0 saturated carbocycles. The van der Waals surface area contributed by atoms with Gasteiger partial charge in [-0.2, -0.15) is 0 Å². The van der Waals surface area contributed by atoms with Crippen molar-refractivity contribution in [3.8, 4) is 66.8 Å². The highest BCUT2D eigenvalue weighted by molar-refractivity contribution is 6.13. The summed E-state index contributed by atoms with van der Waals surface area (Å²) in [6, 6.07) is 36.0. The molecule has 0 aliphatic heterocycles. The number of hydrogen-bond donors (Lipinski definition) is 0. The van der Waals surface area contributed by atoms with Crippen molar-refractivity contribution in [2.24, 2.45) is 0 Å². The van der Waals surface area contributed by atoms with Crippen molar-refractivity contribution < 1.29 is 19.5 Å². The average Bonchev–Trinajstić information content (AvgIpc) is 3.69. The first-order valence-corrected chi connectivity index (χ1v) is 15.9. The lowest BCUT2D eigenvalue weighted by molar-refractivity contribution is 0.669. The normalized spacial score (nSPS) is 14.4. The van der Waals surface area contributed by atoms with Gasteiger partial charge in [-0.05, 0) is 103 Å². The minimum absolute atomic E-state index is 0.0703. The van der Waals surface area contributed by atoms with Crippen LogP contribution in [0.15, 0.2) is 198 Å². The van der Waals surface area contributed by atoms with E-state index in [9.17, 15) is 2.74 Å². The summed E-state index contributed by atoms with van der Waals surface area (Å²) in [7, 11) is 0. The van der Waals surface area contributed by atoms with Crippen molar-refractivity contribution in [2.45, 2.75) is 0 Å². The fourth-order valence-electron chi connectivity index (χ4n) is 6.25. The number of benzene rings is 8. The van der Waals surface area contributed by atoms with E-state index in [4.69, 9.17) is 16.8 Å². The van der Waals surface area contributed by atoms with Crippen molar-refractivity contribution in [3.05, 3.63) is 194 Å². The Hall–Kier alpha value is -6.44. The molecule has 0 amide bonds. The Kier molecular flexibility index (Phi) is 4.87. The molecular weight excluding hydrogens is 593 g/mol. The van der Waals surface area contributed by atoms with E-state index in [2.05, 4.69) is 36.4 Å². The molecular formula is C48H32O. The van der Waals surface area contributed by atoms with Crippen LogP contribution >= 0.6 is 0 Å². The lowest BCUT2D eigenvalue weighted by atomic mass is 9.91. The fourth-order valence-corrected chi connectivity index (χ4v) is 6.25. The molecule has 1 nitrogen and oxygen atoms in total. The van der Waals surface area contributed by atoms with E-state index in [0.717, 1.165) is 44.5 Å². The molecule has 0 aliphatic carbocycles. The number of rotatable bonds is 6. The Morgan fingerprint density at radius 3 is 1.45 bits per heavy atom. The SMILES string of the molecule is [2H]c1c([2H])c([2H])c(-c2c([2H])c([2H])c3oc4c([2H])c([2H])c([2H])c(-c5cc(-c6ccccc6)cc(-c6ccc(-c7ccc(-c8ccccc8)cc7)cc6)c5)c4c3c2[2H])c([2H])c1[2H]. The van der Waals surface area contributed by atoms with E-state index >= 15 is 0 Å². The summed E-state index contributed by atoms with van der Waals surface area (Å²) in [6.45, 7) is 0. The van der Waals surface area contributed by atoms with Crippen LogP contribution in [-0.4, -0.2) is 0 Å². The third-order valence-electron chi connectivity index (χ3n) is 8.70. The van der Waals surface area contributed by atoms with Gasteiger partial charge in [0.25, 0.3) is 0 Å². The molecule has 0 N–H and O–H groups in total. The van der Waals surface area contributed by atoms with Crippen LogP contribution in [0.4, 0.5) is 0 Å². The van der Waals surface area contributed by atoms with E-state index in [1.54, 1.807) is 0 Å². The molecule has 0 aliphatic rings. The van der Waals surface area contributed by atoms with E-state index in [1.165, 1.54) is 0 Å². The topological polar surface area (TPSA) is 13.1 Å². The third-order valence-corrected chi connectivity index (χ3v) is 8.70. The summed E-state index contributed by atoms with van der Waals surface area (Å²) in [4.78, 5) is 0. The van der Waals surface area contributed by atoms with Crippen molar-refractivity contribution in [2.75, 3.05) is 0 Å². The number of fused-ring (bicyclic) bond motifs is 3. The molecule has 0 saturated heterocycles. The van der Waals surface area contributed by atoms with Crippen LogP contribution < -0.4 is 0 Å².